The minimum atomic E-state index is -0.0798. The predicted octanol–water partition coefficient (Wildman–Crippen LogP) is 4.57. The first-order valence-corrected chi connectivity index (χ1v) is 7.95. The summed E-state index contributed by atoms with van der Waals surface area (Å²) in [6.07, 6.45) is 4.62. The summed E-state index contributed by atoms with van der Waals surface area (Å²) in [5, 5.41) is 2.17. The van der Waals surface area contributed by atoms with Crippen LogP contribution in [0, 0.1) is 6.92 Å². The molecule has 0 bridgehead atoms. The summed E-state index contributed by atoms with van der Waals surface area (Å²) < 4.78 is 0. The van der Waals surface area contributed by atoms with E-state index in [0.29, 0.717) is 5.92 Å². The fourth-order valence-electron chi connectivity index (χ4n) is 3.30. The van der Waals surface area contributed by atoms with Crippen LogP contribution in [0.5, 0.6) is 0 Å². The average molecular weight is 271 g/mol. The van der Waals surface area contributed by atoms with Crippen LogP contribution in [0.1, 0.15) is 47.6 Å². The molecule has 0 atom stereocenters. The van der Waals surface area contributed by atoms with Crippen molar-refractivity contribution >= 4 is 11.3 Å². The summed E-state index contributed by atoms with van der Waals surface area (Å²) in [5.41, 5.74) is 9.44. The van der Waals surface area contributed by atoms with Crippen LogP contribution in [-0.4, -0.2) is 0 Å². The van der Waals surface area contributed by atoms with Gasteiger partial charge < -0.3 is 5.73 Å². The minimum Gasteiger partial charge on any atom is -0.321 e. The number of hydrogen-bond acceptors (Lipinski definition) is 2. The SMILES string of the molecule is Cc1ccsc1C1(N)CCC(c2ccccc2)CC1. The fourth-order valence-corrected chi connectivity index (χ4v) is 4.40. The molecule has 1 fully saturated rings. The Morgan fingerprint density at radius 1 is 1.11 bits per heavy atom. The fraction of sp³-hybridized carbons (Fsp3) is 0.412. The molecule has 1 heterocycles. The van der Waals surface area contributed by atoms with Gasteiger partial charge in [-0.1, -0.05) is 30.3 Å². The second kappa shape index (κ2) is 5.10. The van der Waals surface area contributed by atoms with Gasteiger partial charge >= 0.3 is 0 Å². The van der Waals surface area contributed by atoms with Crippen LogP contribution >= 0.6 is 11.3 Å². The van der Waals surface area contributed by atoms with E-state index in [1.54, 1.807) is 0 Å². The van der Waals surface area contributed by atoms with E-state index < -0.39 is 0 Å². The molecule has 2 N–H and O–H groups in total. The van der Waals surface area contributed by atoms with Crippen molar-refractivity contribution in [2.24, 2.45) is 5.73 Å². The van der Waals surface area contributed by atoms with Crippen molar-refractivity contribution < 1.29 is 0 Å². The van der Waals surface area contributed by atoms with Gasteiger partial charge in [0.05, 0.1) is 5.54 Å². The Balaban J connectivity index is 1.75. The third-order valence-corrected chi connectivity index (χ3v) is 5.70. The Morgan fingerprint density at radius 3 is 2.37 bits per heavy atom. The van der Waals surface area contributed by atoms with E-state index >= 15 is 0 Å². The van der Waals surface area contributed by atoms with Gasteiger partial charge in [0.2, 0.25) is 0 Å². The Labute approximate surface area is 119 Å². The molecule has 0 saturated heterocycles. The highest BCUT2D eigenvalue weighted by Crippen LogP contribution is 2.44. The first kappa shape index (κ1) is 12.9. The summed E-state index contributed by atoms with van der Waals surface area (Å²) in [6.45, 7) is 2.18. The molecule has 1 aromatic carbocycles. The van der Waals surface area contributed by atoms with Gasteiger partial charge in [-0.2, -0.15) is 0 Å². The van der Waals surface area contributed by atoms with Crippen LogP contribution in [0.3, 0.4) is 0 Å². The molecule has 0 unspecified atom stereocenters. The van der Waals surface area contributed by atoms with Gasteiger partial charge in [0.25, 0.3) is 0 Å². The van der Waals surface area contributed by atoms with E-state index in [1.165, 1.54) is 28.8 Å². The zero-order valence-corrected chi connectivity index (χ0v) is 12.2. The van der Waals surface area contributed by atoms with Gasteiger partial charge in [0.15, 0.2) is 0 Å². The molecule has 0 radical (unpaired) electrons. The maximum Gasteiger partial charge on any atom is 0.0506 e. The van der Waals surface area contributed by atoms with Crippen molar-refractivity contribution in [3.8, 4) is 0 Å². The quantitative estimate of drug-likeness (QED) is 0.851. The van der Waals surface area contributed by atoms with Crippen LogP contribution in [0.25, 0.3) is 0 Å². The lowest BCUT2D eigenvalue weighted by molar-refractivity contribution is 0.281. The van der Waals surface area contributed by atoms with Crippen LogP contribution in [0.15, 0.2) is 41.8 Å². The highest BCUT2D eigenvalue weighted by molar-refractivity contribution is 7.10. The van der Waals surface area contributed by atoms with Crippen LogP contribution < -0.4 is 5.73 Å². The summed E-state index contributed by atoms with van der Waals surface area (Å²) in [4.78, 5) is 1.40. The standard InChI is InChI=1S/C17H21NS/c1-13-9-12-19-16(13)17(18)10-7-15(8-11-17)14-5-3-2-4-6-14/h2-6,9,12,15H,7-8,10-11,18H2,1H3. The first-order chi connectivity index (χ1) is 9.19. The van der Waals surface area contributed by atoms with Crippen molar-refractivity contribution in [1.82, 2.24) is 0 Å². The molecule has 3 rings (SSSR count). The molecule has 100 valence electrons. The highest BCUT2D eigenvalue weighted by atomic mass is 32.1. The normalized spacial score (nSPS) is 27.4. The number of benzene rings is 1. The molecule has 2 aromatic rings. The van der Waals surface area contributed by atoms with Crippen LogP contribution in [-0.2, 0) is 5.54 Å². The largest absolute Gasteiger partial charge is 0.321 e. The van der Waals surface area contributed by atoms with Crippen molar-refractivity contribution in [2.75, 3.05) is 0 Å². The smallest absolute Gasteiger partial charge is 0.0506 e. The lowest BCUT2D eigenvalue weighted by Crippen LogP contribution is -2.39. The van der Waals surface area contributed by atoms with Crippen molar-refractivity contribution in [3.63, 3.8) is 0 Å². The molecule has 2 heteroatoms. The first-order valence-electron chi connectivity index (χ1n) is 7.07. The summed E-state index contributed by atoms with van der Waals surface area (Å²) in [7, 11) is 0. The topological polar surface area (TPSA) is 26.0 Å². The van der Waals surface area contributed by atoms with E-state index in [9.17, 15) is 0 Å². The number of thiophene rings is 1. The second-order valence-electron chi connectivity index (χ2n) is 5.77. The van der Waals surface area contributed by atoms with E-state index in [4.69, 9.17) is 5.73 Å². The van der Waals surface area contributed by atoms with E-state index in [2.05, 4.69) is 48.7 Å². The molecule has 1 aromatic heterocycles. The second-order valence-corrected chi connectivity index (χ2v) is 6.69. The lowest BCUT2D eigenvalue weighted by atomic mass is 9.73. The molecule has 0 spiro atoms. The zero-order valence-electron chi connectivity index (χ0n) is 11.4. The van der Waals surface area contributed by atoms with E-state index in [-0.39, 0.29) is 5.54 Å². The van der Waals surface area contributed by atoms with Crippen molar-refractivity contribution in [2.45, 2.75) is 44.1 Å². The monoisotopic (exact) mass is 271 g/mol. The molecule has 0 amide bonds. The third-order valence-electron chi connectivity index (χ3n) is 4.46. The van der Waals surface area contributed by atoms with Crippen LogP contribution in [0.2, 0.25) is 0 Å². The Morgan fingerprint density at radius 2 is 1.79 bits per heavy atom. The average Bonchev–Trinajstić information content (AvgIpc) is 2.88. The van der Waals surface area contributed by atoms with Gasteiger partial charge in [0, 0.05) is 4.88 Å². The molecule has 1 aliphatic rings. The Hall–Kier alpha value is -1.12. The zero-order chi connectivity index (χ0) is 13.3. The van der Waals surface area contributed by atoms with Crippen LogP contribution in [0.4, 0.5) is 0 Å². The summed E-state index contributed by atoms with van der Waals surface area (Å²) in [6, 6.07) is 13.1. The lowest BCUT2D eigenvalue weighted by Gasteiger charge is -2.37. The predicted molar refractivity (Wildman–Crippen MR) is 82.6 cm³/mol. The minimum absolute atomic E-state index is 0.0798. The Bertz CT molecular complexity index is 535. The highest BCUT2D eigenvalue weighted by Gasteiger charge is 2.35. The summed E-state index contributed by atoms with van der Waals surface area (Å²) in [5.74, 6) is 0.693. The number of aryl methyl sites for hydroxylation is 1. The molecular weight excluding hydrogens is 250 g/mol. The van der Waals surface area contributed by atoms with Crippen molar-refractivity contribution in [1.29, 1.82) is 0 Å². The van der Waals surface area contributed by atoms with Gasteiger partial charge in [-0.05, 0) is 61.1 Å². The molecule has 0 aliphatic heterocycles. The number of rotatable bonds is 2. The maximum absolute atomic E-state index is 6.68. The summed E-state index contributed by atoms with van der Waals surface area (Å²) >= 11 is 1.83. The van der Waals surface area contributed by atoms with E-state index in [0.717, 1.165) is 12.8 Å². The molecule has 19 heavy (non-hydrogen) atoms. The van der Waals surface area contributed by atoms with Gasteiger partial charge in [-0.15, -0.1) is 11.3 Å². The van der Waals surface area contributed by atoms with Gasteiger partial charge in [-0.3, -0.25) is 0 Å². The number of hydrogen-bond donors (Lipinski definition) is 1. The molecule has 1 saturated carbocycles. The van der Waals surface area contributed by atoms with E-state index in [1.807, 2.05) is 11.3 Å². The van der Waals surface area contributed by atoms with Gasteiger partial charge in [-0.25, -0.2) is 0 Å². The van der Waals surface area contributed by atoms with Gasteiger partial charge in [0.1, 0.15) is 0 Å². The molecule has 1 nitrogen and oxygen atoms in total. The molecular formula is C17H21NS. The molecule has 1 aliphatic carbocycles. The number of nitrogens with two attached hydrogens (primary N) is 1. The van der Waals surface area contributed by atoms with Crippen molar-refractivity contribution in [3.05, 3.63) is 57.8 Å². The maximum atomic E-state index is 6.68. The third kappa shape index (κ3) is 2.47. The Kier molecular flexibility index (Phi) is 3.46.